The van der Waals surface area contributed by atoms with E-state index >= 15 is 0 Å². The lowest BCUT2D eigenvalue weighted by atomic mass is 10.0. The van der Waals surface area contributed by atoms with Crippen molar-refractivity contribution in [1.82, 2.24) is 15.5 Å². The minimum atomic E-state index is -0.0107. The SMILES string of the molecule is CCNC(=NCC(CO)c1ccccc1)NCC(c1cccc(C)c1)N1CCOCC1. The molecule has 2 aromatic carbocycles. The van der Waals surface area contributed by atoms with Crippen LogP contribution < -0.4 is 10.6 Å². The van der Waals surface area contributed by atoms with Crippen molar-refractivity contribution in [3.63, 3.8) is 0 Å². The van der Waals surface area contributed by atoms with Gasteiger partial charge in [-0.3, -0.25) is 9.89 Å². The molecule has 3 rings (SSSR count). The molecule has 1 saturated heterocycles. The van der Waals surface area contributed by atoms with E-state index in [9.17, 15) is 5.11 Å². The Hall–Kier alpha value is -2.41. The number of hydrogen-bond donors (Lipinski definition) is 3. The third-order valence-electron chi connectivity index (χ3n) is 5.68. The molecule has 0 bridgehead atoms. The standard InChI is InChI=1S/C25H36N4O2/c1-3-26-25(27-17-23(19-30)21-9-5-4-6-10-21)28-18-24(29-12-14-31-15-13-29)22-11-7-8-20(2)16-22/h4-11,16,23-24,30H,3,12-15,17-19H2,1-2H3,(H2,26,27,28). The summed E-state index contributed by atoms with van der Waals surface area (Å²) in [5, 5.41) is 16.7. The number of aryl methyl sites for hydroxylation is 1. The molecule has 6 nitrogen and oxygen atoms in total. The zero-order chi connectivity index (χ0) is 21.9. The van der Waals surface area contributed by atoms with Gasteiger partial charge in [0.15, 0.2) is 5.96 Å². The second-order valence-corrected chi connectivity index (χ2v) is 7.97. The van der Waals surface area contributed by atoms with Crippen LogP contribution in [-0.2, 0) is 4.74 Å². The Morgan fingerprint density at radius 3 is 2.48 bits per heavy atom. The van der Waals surface area contributed by atoms with Crippen LogP contribution >= 0.6 is 0 Å². The van der Waals surface area contributed by atoms with Gasteiger partial charge in [-0.1, -0.05) is 60.2 Å². The van der Waals surface area contributed by atoms with Gasteiger partial charge in [0.1, 0.15) is 0 Å². The number of aliphatic hydroxyl groups excluding tert-OH is 1. The van der Waals surface area contributed by atoms with Crippen LogP contribution in [0.15, 0.2) is 59.6 Å². The van der Waals surface area contributed by atoms with Crippen LogP contribution in [0.25, 0.3) is 0 Å². The number of rotatable bonds is 9. The number of benzene rings is 2. The highest BCUT2D eigenvalue weighted by Crippen LogP contribution is 2.22. The number of ether oxygens (including phenoxy) is 1. The lowest BCUT2D eigenvalue weighted by Crippen LogP contribution is -2.46. The van der Waals surface area contributed by atoms with Gasteiger partial charge in [-0.15, -0.1) is 0 Å². The highest BCUT2D eigenvalue weighted by Gasteiger charge is 2.23. The molecular formula is C25H36N4O2. The van der Waals surface area contributed by atoms with E-state index in [0.29, 0.717) is 6.54 Å². The summed E-state index contributed by atoms with van der Waals surface area (Å²) in [5.41, 5.74) is 3.68. The summed E-state index contributed by atoms with van der Waals surface area (Å²) in [4.78, 5) is 7.26. The highest BCUT2D eigenvalue weighted by atomic mass is 16.5. The van der Waals surface area contributed by atoms with Crippen LogP contribution in [0.3, 0.4) is 0 Å². The van der Waals surface area contributed by atoms with Gasteiger partial charge in [-0.25, -0.2) is 0 Å². The summed E-state index contributed by atoms with van der Waals surface area (Å²) < 4.78 is 5.57. The number of aliphatic hydroxyl groups is 1. The van der Waals surface area contributed by atoms with Gasteiger partial charge in [0, 0.05) is 32.1 Å². The number of nitrogens with one attached hydrogen (secondary N) is 2. The Bertz CT molecular complexity index is 806. The Labute approximate surface area is 186 Å². The van der Waals surface area contributed by atoms with Gasteiger partial charge in [-0.2, -0.15) is 0 Å². The first-order valence-electron chi connectivity index (χ1n) is 11.3. The molecule has 1 heterocycles. The van der Waals surface area contributed by atoms with Gasteiger partial charge in [0.25, 0.3) is 0 Å². The lowest BCUT2D eigenvalue weighted by molar-refractivity contribution is 0.0170. The van der Waals surface area contributed by atoms with Crippen molar-refractivity contribution >= 4 is 5.96 Å². The molecular weight excluding hydrogens is 388 g/mol. The van der Waals surface area contributed by atoms with Gasteiger partial charge in [-0.05, 0) is 25.0 Å². The molecule has 0 radical (unpaired) electrons. The molecule has 0 spiro atoms. The molecule has 6 heteroatoms. The molecule has 31 heavy (non-hydrogen) atoms. The highest BCUT2D eigenvalue weighted by molar-refractivity contribution is 5.79. The van der Waals surface area contributed by atoms with Crippen LogP contribution in [0.2, 0.25) is 0 Å². The smallest absolute Gasteiger partial charge is 0.191 e. The van der Waals surface area contributed by atoms with E-state index in [1.165, 1.54) is 11.1 Å². The maximum Gasteiger partial charge on any atom is 0.191 e. The molecule has 1 fully saturated rings. The third-order valence-corrected chi connectivity index (χ3v) is 5.68. The van der Waals surface area contributed by atoms with Gasteiger partial charge in [0.05, 0.1) is 32.4 Å². The van der Waals surface area contributed by atoms with Gasteiger partial charge in [0.2, 0.25) is 0 Å². The first kappa shape index (κ1) is 23.3. The summed E-state index contributed by atoms with van der Waals surface area (Å²) in [6, 6.07) is 19.1. The van der Waals surface area contributed by atoms with Crippen molar-refractivity contribution in [1.29, 1.82) is 0 Å². The van der Waals surface area contributed by atoms with Crippen LogP contribution in [0.4, 0.5) is 0 Å². The predicted molar refractivity (Wildman–Crippen MR) is 127 cm³/mol. The molecule has 1 aliphatic rings. The van der Waals surface area contributed by atoms with E-state index in [-0.39, 0.29) is 18.6 Å². The average molecular weight is 425 g/mol. The van der Waals surface area contributed by atoms with Gasteiger partial charge < -0.3 is 20.5 Å². The first-order chi connectivity index (χ1) is 15.2. The molecule has 3 N–H and O–H groups in total. The molecule has 0 aliphatic carbocycles. The predicted octanol–water partition coefficient (Wildman–Crippen LogP) is 2.70. The zero-order valence-electron chi connectivity index (χ0n) is 18.8. The van der Waals surface area contributed by atoms with Crippen LogP contribution in [0.5, 0.6) is 0 Å². The fraction of sp³-hybridized carbons (Fsp3) is 0.480. The van der Waals surface area contributed by atoms with Crippen LogP contribution in [0, 0.1) is 6.92 Å². The summed E-state index contributed by atoms with van der Waals surface area (Å²) in [5.74, 6) is 0.770. The van der Waals surface area contributed by atoms with Crippen molar-refractivity contribution in [3.8, 4) is 0 Å². The molecule has 0 aromatic heterocycles. The topological polar surface area (TPSA) is 69.1 Å². The van der Waals surface area contributed by atoms with Crippen LogP contribution in [-0.4, -0.2) is 68.5 Å². The molecule has 2 unspecified atom stereocenters. The van der Waals surface area contributed by atoms with Crippen molar-refractivity contribution in [3.05, 3.63) is 71.3 Å². The summed E-state index contributed by atoms with van der Waals surface area (Å²) in [7, 11) is 0. The number of guanidine groups is 1. The summed E-state index contributed by atoms with van der Waals surface area (Å²) in [6.07, 6.45) is 0. The Kier molecular flexibility index (Phi) is 9.34. The first-order valence-corrected chi connectivity index (χ1v) is 11.3. The maximum absolute atomic E-state index is 9.86. The lowest BCUT2D eigenvalue weighted by Gasteiger charge is -2.35. The van der Waals surface area contributed by atoms with Crippen molar-refractivity contribution < 1.29 is 9.84 Å². The van der Waals surface area contributed by atoms with Crippen molar-refractivity contribution in [2.24, 2.45) is 4.99 Å². The minimum absolute atomic E-state index is 0.0107. The van der Waals surface area contributed by atoms with E-state index in [0.717, 1.165) is 50.9 Å². The maximum atomic E-state index is 9.86. The van der Waals surface area contributed by atoms with E-state index in [2.05, 4.69) is 53.6 Å². The van der Waals surface area contributed by atoms with Crippen molar-refractivity contribution in [2.75, 3.05) is 52.5 Å². The number of aliphatic imine (C=N–C) groups is 1. The van der Waals surface area contributed by atoms with E-state index in [1.54, 1.807) is 0 Å². The van der Waals surface area contributed by atoms with Gasteiger partial charge >= 0.3 is 0 Å². The molecule has 0 amide bonds. The monoisotopic (exact) mass is 424 g/mol. The number of nitrogens with zero attached hydrogens (tertiary/aromatic N) is 2. The molecule has 2 aromatic rings. The largest absolute Gasteiger partial charge is 0.396 e. The minimum Gasteiger partial charge on any atom is -0.396 e. The fourth-order valence-corrected chi connectivity index (χ4v) is 3.95. The Morgan fingerprint density at radius 1 is 1.06 bits per heavy atom. The molecule has 2 atom stereocenters. The number of hydrogen-bond acceptors (Lipinski definition) is 4. The second-order valence-electron chi connectivity index (χ2n) is 7.97. The second kappa shape index (κ2) is 12.4. The van der Waals surface area contributed by atoms with Crippen LogP contribution in [0.1, 0.15) is 35.6 Å². The normalized spacial score (nSPS) is 17.2. The Balaban J connectivity index is 1.71. The average Bonchev–Trinajstić information content (AvgIpc) is 2.81. The Morgan fingerprint density at radius 2 is 1.81 bits per heavy atom. The number of morpholine rings is 1. The molecule has 0 saturated carbocycles. The molecule has 168 valence electrons. The summed E-state index contributed by atoms with van der Waals surface area (Å²) in [6.45, 7) is 9.74. The molecule has 1 aliphatic heterocycles. The van der Waals surface area contributed by atoms with E-state index < -0.39 is 0 Å². The third kappa shape index (κ3) is 7.06. The van der Waals surface area contributed by atoms with Crippen molar-refractivity contribution in [2.45, 2.75) is 25.8 Å². The van der Waals surface area contributed by atoms with E-state index in [4.69, 9.17) is 9.73 Å². The summed E-state index contributed by atoms with van der Waals surface area (Å²) >= 11 is 0. The van der Waals surface area contributed by atoms with E-state index in [1.807, 2.05) is 30.3 Å². The fourth-order valence-electron chi connectivity index (χ4n) is 3.95. The quantitative estimate of drug-likeness (QED) is 0.427. The zero-order valence-corrected chi connectivity index (χ0v) is 18.8.